The first kappa shape index (κ1) is 25.0. The summed E-state index contributed by atoms with van der Waals surface area (Å²) in [5, 5.41) is 4.86. The van der Waals surface area contributed by atoms with Crippen molar-refractivity contribution in [3.05, 3.63) is 17.5 Å². The van der Waals surface area contributed by atoms with E-state index >= 15 is 0 Å². The quantitative estimate of drug-likeness (QED) is 0.638. The van der Waals surface area contributed by atoms with Crippen molar-refractivity contribution in [2.75, 3.05) is 33.8 Å². The average Bonchev–Trinajstić information content (AvgIpc) is 3.18. The number of carbonyl (C=O) groups excluding carboxylic acids is 1. The van der Waals surface area contributed by atoms with Crippen LogP contribution in [0.25, 0.3) is 0 Å². The summed E-state index contributed by atoms with van der Waals surface area (Å²) in [6.45, 7) is 13.4. The number of rotatable bonds is 6. The summed E-state index contributed by atoms with van der Waals surface area (Å²) in [5.41, 5.74) is 2.46. The summed E-state index contributed by atoms with van der Waals surface area (Å²) in [6.07, 6.45) is 7.61. The number of nitrogens with zero attached hydrogens (tertiary/aromatic N) is 4. The third-order valence-electron chi connectivity index (χ3n) is 6.75. The highest BCUT2D eigenvalue weighted by atomic mass is 16.6. The van der Waals surface area contributed by atoms with Crippen LogP contribution in [0, 0.1) is 5.41 Å². The number of aromatic nitrogens is 2. The number of likely N-dealkylation sites (N-methyl/N-ethyl adjacent to an activating group) is 2. The van der Waals surface area contributed by atoms with Gasteiger partial charge in [-0.25, -0.2) is 4.79 Å². The highest BCUT2D eigenvalue weighted by Gasteiger charge is 2.46. The molecular weight excluding hydrogens is 404 g/mol. The van der Waals surface area contributed by atoms with Gasteiger partial charge in [-0.05, 0) is 65.3 Å². The first-order valence-electron chi connectivity index (χ1n) is 12.1. The lowest BCUT2D eigenvalue weighted by Gasteiger charge is -2.37. The molecule has 3 rings (SSSR count). The van der Waals surface area contributed by atoms with Crippen LogP contribution in [0.4, 0.5) is 4.79 Å². The lowest BCUT2D eigenvalue weighted by atomic mass is 9.72. The Labute approximate surface area is 194 Å². The molecule has 1 aromatic heterocycles. The van der Waals surface area contributed by atoms with Gasteiger partial charge in [-0.3, -0.25) is 4.68 Å². The van der Waals surface area contributed by atoms with Gasteiger partial charge in [-0.1, -0.05) is 13.8 Å². The minimum Gasteiger partial charge on any atom is -0.444 e. The van der Waals surface area contributed by atoms with E-state index in [1.807, 2.05) is 32.5 Å². The molecular formula is C25H44N4O3. The molecule has 1 aliphatic heterocycles. The van der Waals surface area contributed by atoms with Crippen molar-refractivity contribution in [2.45, 2.75) is 90.4 Å². The molecule has 32 heavy (non-hydrogen) atoms. The van der Waals surface area contributed by atoms with Crippen molar-refractivity contribution in [1.82, 2.24) is 19.6 Å². The predicted molar refractivity (Wildman–Crippen MR) is 127 cm³/mol. The van der Waals surface area contributed by atoms with Crippen LogP contribution < -0.4 is 0 Å². The Morgan fingerprint density at radius 1 is 1.25 bits per heavy atom. The van der Waals surface area contributed by atoms with E-state index in [4.69, 9.17) is 14.6 Å². The van der Waals surface area contributed by atoms with E-state index in [1.54, 1.807) is 11.9 Å². The molecule has 1 amide bonds. The molecule has 1 saturated carbocycles. The summed E-state index contributed by atoms with van der Waals surface area (Å²) < 4.78 is 13.7. The molecule has 7 nitrogen and oxygen atoms in total. The van der Waals surface area contributed by atoms with Crippen LogP contribution in [0.3, 0.4) is 0 Å². The summed E-state index contributed by atoms with van der Waals surface area (Å²) in [5.74, 6) is 0.502. The predicted octanol–water partition coefficient (Wildman–Crippen LogP) is 4.56. The van der Waals surface area contributed by atoms with Crippen molar-refractivity contribution in [2.24, 2.45) is 12.5 Å². The maximum atomic E-state index is 12.2. The molecule has 2 heterocycles. The van der Waals surface area contributed by atoms with Crippen LogP contribution in [0.1, 0.15) is 83.9 Å². The van der Waals surface area contributed by atoms with E-state index in [0.717, 1.165) is 45.4 Å². The Morgan fingerprint density at radius 2 is 1.91 bits per heavy atom. The number of hydrogen-bond donors (Lipinski definition) is 0. The Kier molecular flexibility index (Phi) is 7.30. The minimum absolute atomic E-state index is 0.0952. The molecule has 7 heteroatoms. The second kappa shape index (κ2) is 9.34. The van der Waals surface area contributed by atoms with Gasteiger partial charge < -0.3 is 19.3 Å². The van der Waals surface area contributed by atoms with Gasteiger partial charge in [0.05, 0.1) is 17.9 Å². The molecule has 182 valence electrons. The highest BCUT2D eigenvalue weighted by Crippen LogP contribution is 2.49. The average molecular weight is 449 g/mol. The topological polar surface area (TPSA) is 59.8 Å². The van der Waals surface area contributed by atoms with Crippen molar-refractivity contribution < 1.29 is 14.3 Å². The molecule has 2 aliphatic rings. The Morgan fingerprint density at radius 3 is 2.47 bits per heavy atom. The summed E-state index contributed by atoms with van der Waals surface area (Å²) in [7, 11) is 5.90. The van der Waals surface area contributed by atoms with Crippen LogP contribution in [0.2, 0.25) is 0 Å². The fourth-order valence-electron chi connectivity index (χ4n) is 5.20. The molecule has 0 bridgehead atoms. The molecule has 0 unspecified atom stereocenters. The zero-order chi connectivity index (χ0) is 23.7. The van der Waals surface area contributed by atoms with Gasteiger partial charge in [0.2, 0.25) is 0 Å². The number of ether oxygens (including phenoxy) is 2. The molecule has 2 fully saturated rings. The molecule has 1 saturated heterocycles. The first-order chi connectivity index (χ1) is 14.8. The molecule has 0 aromatic carbocycles. The molecule has 1 aliphatic carbocycles. The van der Waals surface area contributed by atoms with Crippen LogP contribution in [-0.4, -0.2) is 70.7 Å². The van der Waals surface area contributed by atoms with Gasteiger partial charge in [0.1, 0.15) is 5.60 Å². The van der Waals surface area contributed by atoms with E-state index < -0.39 is 5.60 Å². The lowest BCUT2D eigenvalue weighted by molar-refractivity contribution is -0.0296. The zero-order valence-corrected chi connectivity index (χ0v) is 21.5. The van der Waals surface area contributed by atoms with E-state index in [1.165, 1.54) is 17.7 Å². The molecule has 1 spiro atoms. The van der Waals surface area contributed by atoms with Gasteiger partial charge in [0, 0.05) is 51.4 Å². The molecule has 0 radical (unpaired) electrons. The maximum absolute atomic E-state index is 12.2. The fraction of sp³-hybridized carbons (Fsp3) is 0.840. The largest absolute Gasteiger partial charge is 0.444 e. The first-order valence-corrected chi connectivity index (χ1v) is 12.1. The monoisotopic (exact) mass is 448 g/mol. The van der Waals surface area contributed by atoms with Gasteiger partial charge in [0.15, 0.2) is 0 Å². The molecule has 1 aromatic rings. The van der Waals surface area contributed by atoms with Crippen LogP contribution >= 0.6 is 0 Å². The van der Waals surface area contributed by atoms with Gasteiger partial charge in [-0.2, -0.15) is 5.10 Å². The van der Waals surface area contributed by atoms with Crippen LogP contribution in [0.5, 0.6) is 0 Å². The van der Waals surface area contributed by atoms with Crippen LogP contribution in [0.15, 0.2) is 6.20 Å². The molecule has 0 N–H and O–H groups in total. The van der Waals surface area contributed by atoms with E-state index in [2.05, 4.69) is 32.0 Å². The Balaban J connectivity index is 1.54. The second-order valence-corrected chi connectivity index (χ2v) is 11.9. The minimum atomic E-state index is -0.472. The standard InChI is InChI=1S/C25H44N4O3/c1-23(2,3)32-22(30)28(7)14-13-27(6)15-20-16-29(8)26-21(20)19-9-11-25(12-10-19)17-24(4,5)18-31-25/h16,19H,9-15,17-18H2,1-8H3/t19-,25-. The van der Waals surface area contributed by atoms with E-state index in [-0.39, 0.29) is 11.7 Å². The summed E-state index contributed by atoms with van der Waals surface area (Å²) in [6, 6.07) is 0. The van der Waals surface area contributed by atoms with Gasteiger partial charge in [0.25, 0.3) is 0 Å². The summed E-state index contributed by atoms with van der Waals surface area (Å²) >= 11 is 0. The lowest BCUT2D eigenvalue weighted by Crippen LogP contribution is -2.38. The van der Waals surface area contributed by atoms with Crippen molar-refractivity contribution in [1.29, 1.82) is 0 Å². The van der Waals surface area contributed by atoms with Crippen LogP contribution in [-0.2, 0) is 23.1 Å². The number of amides is 1. The number of carbonyl (C=O) groups is 1. The highest BCUT2D eigenvalue weighted by molar-refractivity contribution is 5.67. The Bertz CT molecular complexity index is 788. The normalized spacial score (nSPS) is 25.5. The third-order valence-corrected chi connectivity index (χ3v) is 6.75. The third kappa shape index (κ3) is 6.47. The van der Waals surface area contributed by atoms with Gasteiger partial charge in [-0.15, -0.1) is 0 Å². The second-order valence-electron chi connectivity index (χ2n) is 11.9. The zero-order valence-electron chi connectivity index (χ0n) is 21.5. The molecule has 0 atom stereocenters. The van der Waals surface area contributed by atoms with E-state index in [0.29, 0.717) is 17.9 Å². The SMILES string of the molecule is CN(CCN(C)C(=O)OC(C)(C)C)Cc1cn(C)nc1[C@H]1CC[C@]2(CC1)CC(C)(C)CO2. The van der Waals surface area contributed by atoms with Gasteiger partial charge >= 0.3 is 6.09 Å². The maximum Gasteiger partial charge on any atom is 0.410 e. The number of hydrogen-bond acceptors (Lipinski definition) is 5. The van der Waals surface area contributed by atoms with Crippen molar-refractivity contribution in [3.63, 3.8) is 0 Å². The number of aryl methyl sites for hydroxylation is 1. The summed E-state index contributed by atoms with van der Waals surface area (Å²) in [4.78, 5) is 16.1. The fourth-order valence-corrected chi connectivity index (χ4v) is 5.20. The van der Waals surface area contributed by atoms with Crippen molar-refractivity contribution >= 4 is 6.09 Å². The Hall–Kier alpha value is -1.60. The smallest absolute Gasteiger partial charge is 0.410 e. The van der Waals surface area contributed by atoms with E-state index in [9.17, 15) is 4.79 Å². The van der Waals surface area contributed by atoms with Crippen molar-refractivity contribution in [3.8, 4) is 0 Å².